The number of aromatic nitrogens is 2. The quantitative estimate of drug-likeness (QED) is 0.739. The zero-order valence-corrected chi connectivity index (χ0v) is 14.0. The molecule has 0 bridgehead atoms. The summed E-state index contributed by atoms with van der Waals surface area (Å²) in [6.45, 7) is 0. The third kappa shape index (κ3) is 4.21. The lowest BCUT2D eigenvalue weighted by Gasteiger charge is -2.08. The molecule has 2 N–H and O–H groups in total. The molecule has 2 aromatic carbocycles. The van der Waals surface area contributed by atoms with Crippen LogP contribution >= 0.6 is 0 Å². The lowest BCUT2D eigenvalue weighted by molar-refractivity contribution is 0.101. The van der Waals surface area contributed by atoms with Gasteiger partial charge in [-0.15, -0.1) is 0 Å². The SMILES string of the molecule is COc1ccc(NC(=O)c2ccc(NC(=O)c3cnccn3)cc2)cc1. The van der Waals surface area contributed by atoms with Crippen molar-refractivity contribution >= 4 is 23.2 Å². The maximum absolute atomic E-state index is 12.3. The number of hydrogen-bond acceptors (Lipinski definition) is 5. The molecule has 1 aromatic heterocycles. The molecule has 0 atom stereocenters. The van der Waals surface area contributed by atoms with Crippen molar-refractivity contribution in [2.45, 2.75) is 0 Å². The van der Waals surface area contributed by atoms with E-state index in [2.05, 4.69) is 20.6 Å². The van der Waals surface area contributed by atoms with Crippen molar-refractivity contribution in [3.05, 3.63) is 78.4 Å². The number of methoxy groups -OCH3 is 1. The molecule has 0 aliphatic heterocycles. The lowest BCUT2D eigenvalue weighted by atomic mass is 10.2. The van der Waals surface area contributed by atoms with E-state index in [1.54, 1.807) is 55.6 Å². The number of hydrogen-bond donors (Lipinski definition) is 2. The Bertz CT molecular complexity index is 894. The lowest BCUT2D eigenvalue weighted by Crippen LogP contribution is -2.14. The first-order chi connectivity index (χ1) is 12.7. The molecular formula is C19H16N4O3. The topological polar surface area (TPSA) is 93.2 Å². The van der Waals surface area contributed by atoms with E-state index < -0.39 is 0 Å². The normalized spacial score (nSPS) is 10.0. The van der Waals surface area contributed by atoms with E-state index in [1.165, 1.54) is 18.6 Å². The molecule has 0 saturated carbocycles. The standard InChI is InChI=1S/C19H16N4O3/c1-26-16-8-6-15(7-9-16)22-18(24)13-2-4-14(5-3-13)23-19(25)17-12-20-10-11-21-17/h2-12H,1H3,(H,22,24)(H,23,25). The van der Waals surface area contributed by atoms with Crippen molar-refractivity contribution in [1.29, 1.82) is 0 Å². The van der Waals surface area contributed by atoms with Crippen molar-refractivity contribution in [2.24, 2.45) is 0 Å². The Morgan fingerprint density at radius 1 is 0.846 bits per heavy atom. The summed E-state index contributed by atoms with van der Waals surface area (Å²) < 4.78 is 5.08. The van der Waals surface area contributed by atoms with Crippen LogP contribution in [-0.4, -0.2) is 28.9 Å². The molecule has 0 spiro atoms. The number of anilines is 2. The van der Waals surface area contributed by atoms with Crippen molar-refractivity contribution in [3.63, 3.8) is 0 Å². The summed E-state index contributed by atoms with van der Waals surface area (Å²) >= 11 is 0. The van der Waals surface area contributed by atoms with Gasteiger partial charge in [-0.25, -0.2) is 4.98 Å². The Hall–Kier alpha value is -3.74. The molecule has 2 amide bonds. The largest absolute Gasteiger partial charge is 0.497 e. The highest BCUT2D eigenvalue weighted by Gasteiger charge is 2.09. The second-order valence-corrected chi connectivity index (χ2v) is 5.30. The van der Waals surface area contributed by atoms with Crippen LogP contribution in [0.4, 0.5) is 11.4 Å². The maximum atomic E-state index is 12.3. The number of ether oxygens (including phenoxy) is 1. The number of carbonyl (C=O) groups is 2. The molecule has 0 unspecified atom stereocenters. The molecule has 0 saturated heterocycles. The minimum absolute atomic E-state index is 0.217. The smallest absolute Gasteiger partial charge is 0.275 e. The minimum atomic E-state index is -0.367. The Kier molecular flexibility index (Phi) is 5.19. The van der Waals surface area contributed by atoms with E-state index in [0.717, 1.165) is 0 Å². The fourth-order valence-electron chi connectivity index (χ4n) is 2.19. The van der Waals surface area contributed by atoms with Gasteiger partial charge in [0.2, 0.25) is 0 Å². The van der Waals surface area contributed by atoms with Crippen LogP contribution in [0.25, 0.3) is 0 Å². The fourth-order valence-corrected chi connectivity index (χ4v) is 2.19. The predicted molar refractivity (Wildman–Crippen MR) is 97.4 cm³/mol. The molecule has 26 heavy (non-hydrogen) atoms. The van der Waals surface area contributed by atoms with E-state index in [-0.39, 0.29) is 17.5 Å². The van der Waals surface area contributed by atoms with Crippen molar-refractivity contribution in [3.8, 4) is 5.75 Å². The fraction of sp³-hybridized carbons (Fsp3) is 0.0526. The van der Waals surface area contributed by atoms with Crippen molar-refractivity contribution < 1.29 is 14.3 Å². The van der Waals surface area contributed by atoms with Gasteiger partial charge in [-0.1, -0.05) is 0 Å². The molecule has 3 rings (SSSR count). The average molecular weight is 348 g/mol. The first-order valence-corrected chi connectivity index (χ1v) is 7.78. The summed E-state index contributed by atoms with van der Waals surface area (Å²) in [6.07, 6.45) is 4.32. The molecule has 0 fully saturated rings. The van der Waals surface area contributed by atoms with Gasteiger partial charge in [-0.05, 0) is 48.5 Å². The molecule has 0 aliphatic carbocycles. The Labute approximate surface area is 150 Å². The second kappa shape index (κ2) is 7.89. The summed E-state index contributed by atoms with van der Waals surface area (Å²) in [6, 6.07) is 13.6. The third-order valence-electron chi connectivity index (χ3n) is 3.55. The number of amides is 2. The summed E-state index contributed by atoms with van der Waals surface area (Å²) in [7, 11) is 1.58. The van der Waals surface area contributed by atoms with Gasteiger partial charge in [0, 0.05) is 29.3 Å². The zero-order chi connectivity index (χ0) is 18.4. The number of rotatable bonds is 5. The highest BCUT2D eigenvalue weighted by Crippen LogP contribution is 2.17. The molecule has 7 nitrogen and oxygen atoms in total. The van der Waals surface area contributed by atoms with Crippen LogP contribution in [0, 0.1) is 0 Å². The van der Waals surface area contributed by atoms with Crippen molar-refractivity contribution in [2.75, 3.05) is 17.7 Å². The van der Waals surface area contributed by atoms with Gasteiger partial charge in [0.1, 0.15) is 11.4 Å². The summed E-state index contributed by atoms with van der Waals surface area (Å²) in [5.41, 5.74) is 1.91. The number of nitrogens with zero attached hydrogens (tertiary/aromatic N) is 2. The summed E-state index contributed by atoms with van der Waals surface area (Å²) in [5.74, 6) is 0.0988. The Morgan fingerprint density at radius 2 is 1.46 bits per heavy atom. The molecule has 3 aromatic rings. The number of nitrogens with one attached hydrogen (secondary N) is 2. The molecule has 130 valence electrons. The third-order valence-corrected chi connectivity index (χ3v) is 3.55. The van der Waals surface area contributed by atoms with E-state index in [0.29, 0.717) is 22.7 Å². The highest BCUT2D eigenvalue weighted by molar-refractivity contribution is 6.05. The number of benzene rings is 2. The van der Waals surface area contributed by atoms with E-state index in [1.807, 2.05) is 0 Å². The van der Waals surface area contributed by atoms with Crippen LogP contribution in [0.2, 0.25) is 0 Å². The van der Waals surface area contributed by atoms with Crippen LogP contribution in [0.15, 0.2) is 67.1 Å². The monoisotopic (exact) mass is 348 g/mol. The van der Waals surface area contributed by atoms with Crippen LogP contribution in [0.5, 0.6) is 5.75 Å². The second-order valence-electron chi connectivity index (χ2n) is 5.30. The van der Waals surface area contributed by atoms with Crippen LogP contribution < -0.4 is 15.4 Å². The van der Waals surface area contributed by atoms with E-state index >= 15 is 0 Å². The minimum Gasteiger partial charge on any atom is -0.497 e. The predicted octanol–water partition coefficient (Wildman–Crippen LogP) is 2.99. The summed E-state index contributed by atoms with van der Waals surface area (Å²) in [4.78, 5) is 32.1. The Morgan fingerprint density at radius 3 is 2.04 bits per heavy atom. The van der Waals surface area contributed by atoms with Crippen LogP contribution in [-0.2, 0) is 0 Å². The molecule has 0 aliphatic rings. The molecule has 0 radical (unpaired) electrons. The highest BCUT2D eigenvalue weighted by atomic mass is 16.5. The van der Waals surface area contributed by atoms with Gasteiger partial charge in [0.15, 0.2) is 0 Å². The first-order valence-electron chi connectivity index (χ1n) is 7.78. The van der Waals surface area contributed by atoms with Gasteiger partial charge in [-0.2, -0.15) is 0 Å². The van der Waals surface area contributed by atoms with E-state index in [4.69, 9.17) is 4.74 Å². The van der Waals surface area contributed by atoms with Gasteiger partial charge >= 0.3 is 0 Å². The first kappa shape index (κ1) is 17.1. The molecule has 7 heteroatoms. The van der Waals surface area contributed by atoms with Gasteiger partial charge < -0.3 is 15.4 Å². The maximum Gasteiger partial charge on any atom is 0.275 e. The van der Waals surface area contributed by atoms with Crippen molar-refractivity contribution in [1.82, 2.24) is 9.97 Å². The Balaban J connectivity index is 1.63. The van der Waals surface area contributed by atoms with Gasteiger partial charge in [0.25, 0.3) is 11.8 Å². The van der Waals surface area contributed by atoms with Crippen LogP contribution in [0.3, 0.4) is 0 Å². The zero-order valence-electron chi connectivity index (χ0n) is 14.0. The van der Waals surface area contributed by atoms with Crippen LogP contribution in [0.1, 0.15) is 20.8 Å². The molecular weight excluding hydrogens is 332 g/mol. The van der Waals surface area contributed by atoms with Gasteiger partial charge in [0.05, 0.1) is 13.3 Å². The summed E-state index contributed by atoms with van der Waals surface area (Å²) in [5, 5.41) is 5.50. The average Bonchev–Trinajstić information content (AvgIpc) is 2.69. The van der Waals surface area contributed by atoms with Gasteiger partial charge in [-0.3, -0.25) is 14.6 Å². The van der Waals surface area contributed by atoms with E-state index in [9.17, 15) is 9.59 Å². The number of carbonyl (C=O) groups excluding carboxylic acids is 2. The molecule has 1 heterocycles.